The number of carbonyl (C=O) groups excluding carboxylic acids is 2. The van der Waals surface area contributed by atoms with Crippen molar-refractivity contribution in [3.8, 4) is 0 Å². The summed E-state index contributed by atoms with van der Waals surface area (Å²) in [5, 5.41) is 13.1. The lowest BCUT2D eigenvalue weighted by Gasteiger charge is -2.08. The number of rotatable bonds is 4. The number of nitrogens with two attached hydrogens (primary N) is 2. The Bertz CT molecular complexity index is 238. The summed E-state index contributed by atoms with van der Waals surface area (Å²) in [6.45, 7) is 1.17. The van der Waals surface area contributed by atoms with Crippen LogP contribution in [0.2, 0.25) is 0 Å². The highest BCUT2D eigenvalue weighted by atomic mass is 16.4. The molecule has 7 heteroatoms. The third kappa shape index (κ3) is 3.94. The first-order valence-corrected chi connectivity index (χ1v) is 3.52. The fourth-order valence-corrected chi connectivity index (χ4v) is 0.548. The molecule has 0 saturated carbocycles. The fraction of sp³-hybridized carbons (Fsp3) is 0.500. The molecule has 0 bridgehead atoms. The Morgan fingerprint density at radius 3 is 2.46 bits per heavy atom. The molecule has 0 saturated heterocycles. The molecule has 0 fully saturated rings. The lowest BCUT2D eigenvalue weighted by molar-refractivity contribution is -0.125. The zero-order valence-electron chi connectivity index (χ0n) is 7.15. The Labute approximate surface area is 74.8 Å². The second kappa shape index (κ2) is 4.96. The van der Waals surface area contributed by atoms with Crippen LogP contribution in [0.3, 0.4) is 0 Å². The molecule has 6 N–H and O–H groups in total. The summed E-state index contributed by atoms with van der Waals surface area (Å²) in [7, 11) is 0. The molecule has 0 aromatic carbocycles. The molecule has 0 aliphatic rings. The highest BCUT2D eigenvalue weighted by molar-refractivity contribution is 6.02. The zero-order valence-corrected chi connectivity index (χ0v) is 7.15. The summed E-state index contributed by atoms with van der Waals surface area (Å²) in [5.41, 5.74) is 9.93. The molecule has 1 unspecified atom stereocenters. The van der Waals surface area contributed by atoms with Crippen molar-refractivity contribution in [3.05, 3.63) is 0 Å². The molecule has 13 heavy (non-hydrogen) atoms. The van der Waals surface area contributed by atoms with E-state index in [9.17, 15) is 9.59 Å². The van der Waals surface area contributed by atoms with E-state index >= 15 is 0 Å². The lowest BCUT2D eigenvalue weighted by Crippen LogP contribution is -2.40. The summed E-state index contributed by atoms with van der Waals surface area (Å²) in [6, 6.07) is 0. The lowest BCUT2D eigenvalue weighted by atomic mass is 10.1. The second-order valence-electron chi connectivity index (χ2n) is 2.43. The molecule has 74 valence electrons. The summed E-state index contributed by atoms with van der Waals surface area (Å²) < 4.78 is 0. The predicted octanol–water partition coefficient (Wildman–Crippen LogP) is -2.03. The van der Waals surface area contributed by atoms with Gasteiger partial charge in [0.2, 0.25) is 11.8 Å². The minimum absolute atomic E-state index is 0.220. The van der Waals surface area contributed by atoms with Crippen molar-refractivity contribution in [2.45, 2.75) is 6.92 Å². The maximum atomic E-state index is 11.1. The minimum Gasteiger partial charge on any atom is -0.409 e. The minimum atomic E-state index is -0.788. The van der Waals surface area contributed by atoms with E-state index in [-0.39, 0.29) is 12.4 Å². The second-order valence-corrected chi connectivity index (χ2v) is 2.43. The van der Waals surface area contributed by atoms with E-state index in [1.807, 2.05) is 0 Å². The van der Waals surface area contributed by atoms with Crippen molar-refractivity contribution in [2.75, 3.05) is 6.54 Å². The van der Waals surface area contributed by atoms with Crippen LogP contribution in [0.4, 0.5) is 0 Å². The normalized spacial score (nSPS) is 13.5. The summed E-state index contributed by atoms with van der Waals surface area (Å²) >= 11 is 0. The number of hydrogen-bond donors (Lipinski definition) is 4. The molecule has 7 nitrogen and oxygen atoms in total. The van der Waals surface area contributed by atoms with Gasteiger partial charge in [-0.2, -0.15) is 0 Å². The third-order valence-electron chi connectivity index (χ3n) is 1.39. The molecule has 0 aliphatic carbocycles. The SMILES string of the molecule is CC(C(=O)NCC(N)=O)C(N)=NO. The van der Waals surface area contributed by atoms with E-state index in [1.54, 1.807) is 0 Å². The number of amidine groups is 1. The Morgan fingerprint density at radius 2 is 2.08 bits per heavy atom. The van der Waals surface area contributed by atoms with Crippen LogP contribution in [0.1, 0.15) is 6.92 Å². The van der Waals surface area contributed by atoms with Crippen LogP contribution in [0.25, 0.3) is 0 Å². The van der Waals surface area contributed by atoms with E-state index in [0.29, 0.717) is 0 Å². The maximum Gasteiger partial charge on any atom is 0.236 e. The fourth-order valence-electron chi connectivity index (χ4n) is 0.548. The van der Waals surface area contributed by atoms with Gasteiger partial charge in [0.15, 0.2) is 5.84 Å². The molecule has 0 aromatic heterocycles. The number of carbonyl (C=O) groups is 2. The monoisotopic (exact) mass is 188 g/mol. The standard InChI is InChI=1S/C6H12N4O3/c1-3(5(8)10-13)6(12)9-2-4(7)11/h3,13H,2H2,1H3,(H2,7,11)(H2,8,10)(H,9,12). The van der Waals surface area contributed by atoms with Crippen molar-refractivity contribution in [3.63, 3.8) is 0 Å². The Balaban J connectivity index is 4.04. The highest BCUT2D eigenvalue weighted by Gasteiger charge is 2.17. The van der Waals surface area contributed by atoms with Gasteiger partial charge in [-0.1, -0.05) is 5.16 Å². The number of amides is 2. The summed E-state index contributed by atoms with van der Waals surface area (Å²) in [5.74, 6) is -2.18. The first-order chi connectivity index (χ1) is 5.99. The van der Waals surface area contributed by atoms with Gasteiger partial charge in [-0.05, 0) is 6.92 Å². The molecule has 0 rings (SSSR count). The van der Waals surface area contributed by atoms with Crippen LogP contribution in [0.15, 0.2) is 5.16 Å². The van der Waals surface area contributed by atoms with Gasteiger partial charge in [0.1, 0.15) is 0 Å². The number of nitrogens with one attached hydrogen (secondary N) is 1. The van der Waals surface area contributed by atoms with Gasteiger partial charge < -0.3 is 22.0 Å². The van der Waals surface area contributed by atoms with Crippen LogP contribution < -0.4 is 16.8 Å². The summed E-state index contributed by atoms with van der Waals surface area (Å²) in [6.07, 6.45) is 0. The molecule has 0 aromatic rings. The molecular weight excluding hydrogens is 176 g/mol. The van der Waals surface area contributed by atoms with E-state index in [4.69, 9.17) is 16.7 Å². The Hall–Kier alpha value is -1.79. The highest BCUT2D eigenvalue weighted by Crippen LogP contribution is 1.93. The van der Waals surface area contributed by atoms with E-state index in [2.05, 4.69) is 10.5 Å². The Morgan fingerprint density at radius 1 is 1.54 bits per heavy atom. The molecule has 0 aliphatic heterocycles. The van der Waals surface area contributed by atoms with Crippen LogP contribution >= 0.6 is 0 Å². The number of oxime groups is 1. The van der Waals surface area contributed by atoms with Crippen molar-refractivity contribution in [1.29, 1.82) is 0 Å². The van der Waals surface area contributed by atoms with Crippen molar-refractivity contribution in [1.82, 2.24) is 5.32 Å². The maximum absolute atomic E-state index is 11.1. The first-order valence-electron chi connectivity index (χ1n) is 3.52. The van der Waals surface area contributed by atoms with Gasteiger partial charge in [-0.25, -0.2) is 0 Å². The van der Waals surface area contributed by atoms with Crippen molar-refractivity contribution >= 4 is 17.6 Å². The first kappa shape index (κ1) is 11.2. The largest absolute Gasteiger partial charge is 0.409 e. The van der Waals surface area contributed by atoms with Gasteiger partial charge in [0.05, 0.1) is 12.5 Å². The van der Waals surface area contributed by atoms with Crippen molar-refractivity contribution < 1.29 is 14.8 Å². The number of nitrogens with zero attached hydrogens (tertiary/aromatic N) is 1. The molecule has 2 amide bonds. The van der Waals surface area contributed by atoms with E-state index in [1.165, 1.54) is 6.92 Å². The van der Waals surface area contributed by atoms with Gasteiger partial charge in [-0.15, -0.1) is 0 Å². The number of hydrogen-bond acceptors (Lipinski definition) is 4. The predicted molar refractivity (Wildman–Crippen MR) is 44.8 cm³/mol. The van der Waals surface area contributed by atoms with Gasteiger partial charge in [0.25, 0.3) is 0 Å². The average molecular weight is 188 g/mol. The zero-order chi connectivity index (χ0) is 10.4. The number of primary amides is 1. The van der Waals surface area contributed by atoms with Crippen LogP contribution in [-0.2, 0) is 9.59 Å². The molecule has 0 spiro atoms. The van der Waals surface area contributed by atoms with E-state index < -0.39 is 17.7 Å². The average Bonchev–Trinajstić information content (AvgIpc) is 2.11. The van der Waals surface area contributed by atoms with Crippen LogP contribution in [0.5, 0.6) is 0 Å². The smallest absolute Gasteiger partial charge is 0.236 e. The van der Waals surface area contributed by atoms with E-state index in [0.717, 1.165) is 0 Å². The van der Waals surface area contributed by atoms with Crippen molar-refractivity contribution in [2.24, 2.45) is 22.5 Å². The van der Waals surface area contributed by atoms with Gasteiger partial charge in [0, 0.05) is 0 Å². The van der Waals surface area contributed by atoms with Crippen LogP contribution in [0, 0.1) is 5.92 Å². The molecule has 1 atom stereocenters. The molecular formula is C6H12N4O3. The van der Waals surface area contributed by atoms with Gasteiger partial charge >= 0.3 is 0 Å². The van der Waals surface area contributed by atoms with Crippen LogP contribution in [-0.4, -0.2) is 29.4 Å². The molecule has 0 heterocycles. The topological polar surface area (TPSA) is 131 Å². The summed E-state index contributed by atoms with van der Waals surface area (Å²) in [4.78, 5) is 21.3. The molecule has 0 radical (unpaired) electrons. The third-order valence-corrected chi connectivity index (χ3v) is 1.39. The van der Waals surface area contributed by atoms with Gasteiger partial charge in [-0.3, -0.25) is 9.59 Å². The Kier molecular flexibility index (Phi) is 4.28. The quantitative estimate of drug-likeness (QED) is 0.175.